The second-order valence-electron chi connectivity index (χ2n) is 8.87. The molecule has 182 valence electrons. The van der Waals surface area contributed by atoms with E-state index in [4.69, 9.17) is 9.47 Å². The van der Waals surface area contributed by atoms with Crippen molar-refractivity contribution in [1.82, 2.24) is 0 Å². The molecule has 1 aromatic rings. The van der Waals surface area contributed by atoms with Crippen LogP contribution >= 0.6 is 0 Å². The molecule has 4 atom stereocenters. The maximum Gasteiger partial charge on any atom is 0.432 e. The number of methoxy groups -OCH3 is 1. The van der Waals surface area contributed by atoms with Crippen molar-refractivity contribution in [1.29, 1.82) is 0 Å². The van der Waals surface area contributed by atoms with Crippen molar-refractivity contribution >= 4 is 12.3 Å². The van der Waals surface area contributed by atoms with E-state index < -0.39 is 40.9 Å². The van der Waals surface area contributed by atoms with E-state index in [1.54, 1.807) is 25.2 Å². The van der Waals surface area contributed by atoms with Crippen LogP contribution in [0.3, 0.4) is 0 Å². The van der Waals surface area contributed by atoms with E-state index in [1.165, 1.54) is 18.2 Å². The van der Waals surface area contributed by atoms with Gasteiger partial charge in [-0.2, -0.15) is 13.2 Å². The number of rotatable bonds is 6. The molecule has 1 aliphatic rings. The maximum absolute atomic E-state index is 14.3. The molecule has 1 aliphatic carbocycles. The summed E-state index contributed by atoms with van der Waals surface area (Å²) in [5.41, 5.74) is -4.63. The van der Waals surface area contributed by atoms with Crippen LogP contribution in [0.5, 0.6) is 0 Å². The van der Waals surface area contributed by atoms with Gasteiger partial charge in [-0.25, -0.2) is 4.79 Å². The van der Waals surface area contributed by atoms with Crippen LogP contribution < -0.4 is 0 Å². The van der Waals surface area contributed by atoms with Crippen LogP contribution in [0, 0.1) is 11.8 Å². The molecule has 2 rings (SSSR count). The van der Waals surface area contributed by atoms with Gasteiger partial charge in [0.15, 0.2) is 0 Å². The van der Waals surface area contributed by atoms with Crippen LogP contribution in [-0.4, -0.2) is 42.4 Å². The zero-order chi connectivity index (χ0) is 24.9. The van der Waals surface area contributed by atoms with Gasteiger partial charge in [-0.05, 0) is 31.3 Å². The predicted molar refractivity (Wildman–Crippen MR) is 117 cm³/mol. The summed E-state index contributed by atoms with van der Waals surface area (Å²) in [4.78, 5) is 24.8. The minimum atomic E-state index is -5.10. The first kappa shape index (κ1) is 26.8. The highest BCUT2D eigenvalue weighted by Gasteiger charge is 2.64. The first-order chi connectivity index (χ1) is 15.4. The summed E-state index contributed by atoms with van der Waals surface area (Å²) in [6, 6.07) is 6.58. The Morgan fingerprint density at radius 1 is 1.24 bits per heavy atom. The Hall–Kier alpha value is -2.45. The van der Waals surface area contributed by atoms with E-state index in [9.17, 15) is 27.9 Å². The fourth-order valence-electron chi connectivity index (χ4n) is 4.00. The molecule has 0 saturated carbocycles. The summed E-state index contributed by atoms with van der Waals surface area (Å²) in [7, 11) is 0.808. The molecule has 0 spiro atoms. The number of allylic oxidation sites excluding steroid dienone is 1. The van der Waals surface area contributed by atoms with Gasteiger partial charge in [-0.3, -0.25) is 4.79 Å². The Morgan fingerprint density at radius 3 is 2.39 bits per heavy atom. The highest BCUT2D eigenvalue weighted by molar-refractivity contribution is 5.83. The number of esters is 1. The summed E-state index contributed by atoms with van der Waals surface area (Å²) in [6.45, 7) is 5.25. The number of halogens is 3. The van der Waals surface area contributed by atoms with Gasteiger partial charge >= 0.3 is 12.1 Å². The first-order valence-electron chi connectivity index (χ1n) is 10.8. The molecule has 0 fully saturated rings. The van der Waals surface area contributed by atoms with Crippen LogP contribution in [0.15, 0.2) is 54.1 Å². The topological polar surface area (TPSA) is 72.8 Å². The summed E-state index contributed by atoms with van der Waals surface area (Å²) in [6.07, 6.45) is -0.0586. The number of ether oxygens (including phenoxy) is 2. The number of carbonyl (C=O) groups is 2. The van der Waals surface area contributed by atoms with Gasteiger partial charge in [0.2, 0.25) is 0 Å². The first-order valence-corrected chi connectivity index (χ1v) is 10.8. The number of benzene rings is 1. The zero-order valence-electron chi connectivity index (χ0n) is 19.3. The largest absolute Gasteiger partial charge is 0.459 e. The second kappa shape index (κ2) is 10.7. The molecule has 0 aliphatic heterocycles. The summed E-state index contributed by atoms with van der Waals surface area (Å²) in [5, 5.41) is 10.6. The number of carbonyl (C=O) groups excluding carboxylic acids is 2. The minimum Gasteiger partial charge on any atom is -0.459 e. The molecule has 0 radical (unpaired) electrons. The Balaban J connectivity index is 2.56. The normalized spacial score (nSPS) is 28.8. The van der Waals surface area contributed by atoms with Gasteiger partial charge < -0.3 is 14.6 Å². The van der Waals surface area contributed by atoms with Crippen molar-refractivity contribution in [2.24, 2.45) is 11.8 Å². The fraction of sp³-hybridized carbons (Fsp3) is 0.520. The van der Waals surface area contributed by atoms with Gasteiger partial charge in [-0.15, -0.1) is 0 Å². The lowest BCUT2D eigenvalue weighted by Crippen LogP contribution is -2.53. The average Bonchev–Trinajstić information content (AvgIpc) is 2.72. The molecule has 0 heterocycles. The van der Waals surface area contributed by atoms with Gasteiger partial charge in [0.05, 0.1) is 5.60 Å². The molecule has 0 bridgehead atoms. The quantitative estimate of drug-likeness (QED) is 0.366. The van der Waals surface area contributed by atoms with Crippen molar-refractivity contribution in [2.45, 2.75) is 63.5 Å². The Bertz CT molecular complexity index is 874. The second-order valence-corrected chi connectivity index (χ2v) is 8.87. The van der Waals surface area contributed by atoms with Crippen LogP contribution in [0.1, 0.15) is 45.6 Å². The third-order valence-corrected chi connectivity index (χ3v) is 5.95. The lowest BCUT2D eigenvalue weighted by atomic mass is 9.83. The van der Waals surface area contributed by atoms with Crippen molar-refractivity contribution in [3.05, 3.63) is 59.7 Å². The van der Waals surface area contributed by atoms with E-state index >= 15 is 0 Å². The standard InChI is InChI=1S/C25H31F3O5/c1-17(2)20-12-14-23(3,31)13-8-9-18(16-29)15-21(20)33-22(30)24(32-4,25(26,27)28)19-10-6-5-7-11-19/h5-7,9-12,14,16-17,20-21,31H,8,13,15H2,1-4H3/b14-12-,18-9+/t20-,21+,23+,24-/m0/s1. The highest BCUT2D eigenvalue weighted by atomic mass is 19.4. The molecule has 5 nitrogen and oxygen atoms in total. The van der Waals surface area contributed by atoms with Crippen molar-refractivity contribution in [3.8, 4) is 0 Å². The lowest BCUT2D eigenvalue weighted by Gasteiger charge is -2.36. The molecule has 1 aromatic carbocycles. The molecule has 1 N–H and O–H groups in total. The lowest BCUT2D eigenvalue weighted by molar-refractivity contribution is -0.278. The summed E-state index contributed by atoms with van der Waals surface area (Å²) < 4.78 is 53.2. The van der Waals surface area contributed by atoms with Crippen LogP contribution in [0.2, 0.25) is 0 Å². The molecule has 0 aromatic heterocycles. The number of aldehydes is 1. The third-order valence-electron chi connectivity index (χ3n) is 5.95. The van der Waals surface area contributed by atoms with E-state index in [-0.39, 0.29) is 12.3 Å². The smallest absolute Gasteiger partial charge is 0.432 e. The van der Waals surface area contributed by atoms with Crippen LogP contribution in [0.4, 0.5) is 13.2 Å². The Labute approximate surface area is 192 Å². The predicted octanol–water partition coefficient (Wildman–Crippen LogP) is 4.89. The molecular weight excluding hydrogens is 437 g/mol. The van der Waals surface area contributed by atoms with Gasteiger partial charge in [0.25, 0.3) is 5.60 Å². The maximum atomic E-state index is 14.3. The number of hydrogen-bond donors (Lipinski definition) is 1. The fourth-order valence-corrected chi connectivity index (χ4v) is 4.00. The number of aliphatic hydroxyl groups is 1. The molecular formula is C25H31F3O5. The Morgan fingerprint density at radius 2 is 1.88 bits per heavy atom. The van der Waals surface area contributed by atoms with E-state index in [0.717, 1.165) is 19.2 Å². The van der Waals surface area contributed by atoms with Crippen molar-refractivity contribution in [3.63, 3.8) is 0 Å². The van der Waals surface area contributed by atoms with E-state index in [1.807, 2.05) is 13.8 Å². The zero-order valence-corrected chi connectivity index (χ0v) is 19.3. The SMILES string of the molecule is CO[C@](C(=O)O[C@@H]1C/C(C=O)=C\CC[C@@](C)(O)/C=C\[C@H]1C(C)C)(c1ccccc1)C(F)(F)F. The third kappa shape index (κ3) is 6.12. The van der Waals surface area contributed by atoms with Crippen LogP contribution in [-0.2, 0) is 24.7 Å². The van der Waals surface area contributed by atoms with Crippen molar-refractivity contribution in [2.75, 3.05) is 7.11 Å². The van der Waals surface area contributed by atoms with Gasteiger partial charge in [0.1, 0.15) is 12.4 Å². The average molecular weight is 469 g/mol. The van der Waals surface area contributed by atoms with Crippen LogP contribution in [0.25, 0.3) is 0 Å². The monoisotopic (exact) mass is 468 g/mol. The summed E-state index contributed by atoms with van der Waals surface area (Å²) in [5.74, 6) is -2.33. The summed E-state index contributed by atoms with van der Waals surface area (Å²) >= 11 is 0. The molecule has 0 amide bonds. The van der Waals surface area contributed by atoms with E-state index in [0.29, 0.717) is 24.7 Å². The van der Waals surface area contributed by atoms with E-state index in [2.05, 4.69) is 0 Å². The highest BCUT2D eigenvalue weighted by Crippen LogP contribution is 2.44. The molecule has 0 unspecified atom stereocenters. The Kier molecular flexibility index (Phi) is 8.65. The molecule has 0 saturated heterocycles. The molecule has 33 heavy (non-hydrogen) atoms. The van der Waals surface area contributed by atoms with Gasteiger partial charge in [0, 0.05) is 25.0 Å². The van der Waals surface area contributed by atoms with Gasteiger partial charge in [-0.1, -0.05) is 62.4 Å². The number of alkyl halides is 3. The molecule has 8 heteroatoms. The minimum absolute atomic E-state index is 0.0585. The number of hydrogen-bond acceptors (Lipinski definition) is 5. The van der Waals surface area contributed by atoms with Crippen molar-refractivity contribution < 1.29 is 37.3 Å².